The first-order chi connectivity index (χ1) is 8.49. The average Bonchev–Trinajstić information content (AvgIpc) is 2.38. The van der Waals surface area contributed by atoms with Gasteiger partial charge in [0, 0.05) is 0 Å². The summed E-state index contributed by atoms with van der Waals surface area (Å²) in [5.74, 6) is -1.75. The molecule has 0 aliphatic heterocycles. The zero-order valence-corrected chi connectivity index (χ0v) is 10.2. The van der Waals surface area contributed by atoms with Crippen molar-refractivity contribution in [2.75, 3.05) is 12.4 Å². The second-order valence-electron chi connectivity index (χ2n) is 3.69. The van der Waals surface area contributed by atoms with E-state index in [4.69, 9.17) is 5.73 Å². The number of carbonyl (C=O) groups excluding carboxylic acids is 2. The van der Waals surface area contributed by atoms with Crippen LogP contribution in [0.2, 0.25) is 0 Å². The minimum atomic E-state index is -0.727. The summed E-state index contributed by atoms with van der Waals surface area (Å²) in [5.41, 5.74) is 5.68. The lowest BCUT2D eigenvalue weighted by molar-refractivity contribution is -0.117. The van der Waals surface area contributed by atoms with Crippen molar-refractivity contribution in [2.45, 2.75) is 19.4 Å². The van der Waals surface area contributed by atoms with Gasteiger partial charge in [0.25, 0.3) is 0 Å². The van der Waals surface area contributed by atoms with Gasteiger partial charge in [-0.3, -0.25) is 4.79 Å². The first kappa shape index (κ1) is 14.1. The molecule has 0 aromatic heterocycles. The van der Waals surface area contributed by atoms with Crippen molar-refractivity contribution in [2.24, 2.45) is 5.73 Å². The van der Waals surface area contributed by atoms with E-state index in [0.717, 1.165) is 12.1 Å². The molecular formula is C12H15FN2O3. The highest BCUT2D eigenvalue weighted by molar-refractivity contribution is 6.02. The van der Waals surface area contributed by atoms with Gasteiger partial charge in [-0.1, -0.05) is 6.92 Å². The van der Waals surface area contributed by atoms with E-state index in [9.17, 15) is 14.0 Å². The number of nitrogens with two attached hydrogens (primary N) is 1. The number of benzene rings is 1. The van der Waals surface area contributed by atoms with Crippen molar-refractivity contribution in [1.82, 2.24) is 0 Å². The van der Waals surface area contributed by atoms with Crippen molar-refractivity contribution < 1.29 is 18.7 Å². The van der Waals surface area contributed by atoms with E-state index in [1.54, 1.807) is 6.92 Å². The number of ether oxygens (including phenoxy) is 1. The molecule has 3 N–H and O–H groups in total. The second kappa shape index (κ2) is 6.11. The molecule has 1 atom stereocenters. The van der Waals surface area contributed by atoms with Crippen molar-refractivity contribution in [3.8, 4) is 0 Å². The highest BCUT2D eigenvalue weighted by Crippen LogP contribution is 2.18. The molecule has 98 valence electrons. The summed E-state index contributed by atoms with van der Waals surface area (Å²) in [4.78, 5) is 23.0. The fourth-order valence-corrected chi connectivity index (χ4v) is 1.32. The second-order valence-corrected chi connectivity index (χ2v) is 3.69. The normalized spacial score (nSPS) is 11.8. The zero-order valence-electron chi connectivity index (χ0n) is 10.2. The molecule has 1 rings (SSSR count). The lowest BCUT2D eigenvalue weighted by atomic mass is 10.1. The molecule has 0 saturated heterocycles. The van der Waals surface area contributed by atoms with Gasteiger partial charge in [-0.2, -0.15) is 0 Å². The van der Waals surface area contributed by atoms with Gasteiger partial charge in [0.15, 0.2) is 0 Å². The van der Waals surface area contributed by atoms with Gasteiger partial charge in [0.2, 0.25) is 5.91 Å². The Labute approximate surface area is 104 Å². The van der Waals surface area contributed by atoms with Crippen LogP contribution in [0.15, 0.2) is 18.2 Å². The number of hydrogen-bond acceptors (Lipinski definition) is 4. The summed E-state index contributed by atoms with van der Waals surface area (Å²) in [5, 5.41) is 2.47. The summed E-state index contributed by atoms with van der Waals surface area (Å²) in [6, 6.07) is 2.75. The lowest BCUT2D eigenvalue weighted by Gasteiger charge is -2.12. The van der Waals surface area contributed by atoms with E-state index in [1.807, 2.05) is 0 Å². The Bertz CT molecular complexity index is 463. The summed E-state index contributed by atoms with van der Waals surface area (Å²) in [7, 11) is 1.18. The van der Waals surface area contributed by atoms with Gasteiger partial charge in [0.1, 0.15) is 5.82 Å². The number of hydrogen-bond donors (Lipinski definition) is 2. The Balaban J connectivity index is 3.01. The first-order valence-electron chi connectivity index (χ1n) is 5.44. The van der Waals surface area contributed by atoms with Gasteiger partial charge < -0.3 is 15.8 Å². The molecule has 0 spiro atoms. The summed E-state index contributed by atoms with van der Waals surface area (Å²) in [6.07, 6.45) is 0.459. The molecule has 1 amide bonds. The number of esters is 1. The van der Waals surface area contributed by atoms with Crippen LogP contribution in [0.1, 0.15) is 23.7 Å². The third kappa shape index (κ3) is 3.27. The van der Waals surface area contributed by atoms with E-state index in [2.05, 4.69) is 10.1 Å². The molecule has 0 saturated carbocycles. The van der Waals surface area contributed by atoms with Gasteiger partial charge >= 0.3 is 5.97 Å². The third-order valence-electron chi connectivity index (χ3n) is 2.42. The fraction of sp³-hybridized carbons (Fsp3) is 0.333. The highest BCUT2D eigenvalue weighted by atomic mass is 19.1. The van der Waals surface area contributed by atoms with E-state index in [-0.39, 0.29) is 11.3 Å². The molecule has 1 aromatic carbocycles. The standard InChI is InChI=1S/C12H15FN2O3/c1-3-9(14)11(16)15-10-5-4-7(13)6-8(10)12(17)18-2/h4-6,9H,3,14H2,1-2H3,(H,15,16)/t9-/m0/s1. The quantitative estimate of drug-likeness (QED) is 0.793. The molecule has 0 aliphatic carbocycles. The highest BCUT2D eigenvalue weighted by Gasteiger charge is 2.17. The summed E-state index contributed by atoms with van der Waals surface area (Å²) in [6.45, 7) is 1.76. The van der Waals surface area contributed by atoms with Crippen LogP contribution in [0.25, 0.3) is 0 Å². The molecular weight excluding hydrogens is 239 g/mol. The predicted octanol–water partition coefficient (Wildman–Crippen LogP) is 1.29. The average molecular weight is 254 g/mol. The molecule has 0 unspecified atom stereocenters. The van der Waals surface area contributed by atoms with Crippen LogP contribution in [0.3, 0.4) is 0 Å². The van der Waals surface area contributed by atoms with Crippen LogP contribution >= 0.6 is 0 Å². The van der Waals surface area contributed by atoms with Crippen molar-refractivity contribution in [3.63, 3.8) is 0 Å². The minimum Gasteiger partial charge on any atom is -0.465 e. The molecule has 5 nitrogen and oxygen atoms in total. The van der Waals surface area contributed by atoms with E-state index in [1.165, 1.54) is 13.2 Å². The third-order valence-corrected chi connectivity index (χ3v) is 2.42. The molecule has 6 heteroatoms. The molecule has 0 bridgehead atoms. The number of amides is 1. The summed E-state index contributed by atoms with van der Waals surface area (Å²) >= 11 is 0. The van der Waals surface area contributed by atoms with Gasteiger partial charge in [0.05, 0.1) is 24.4 Å². The molecule has 0 heterocycles. The predicted molar refractivity (Wildman–Crippen MR) is 64.6 cm³/mol. The Morgan fingerprint density at radius 2 is 2.17 bits per heavy atom. The fourth-order valence-electron chi connectivity index (χ4n) is 1.32. The van der Waals surface area contributed by atoms with E-state index in [0.29, 0.717) is 6.42 Å². The van der Waals surface area contributed by atoms with Crippen LogP contribution in [0, 0.1) is 5.82 Å². The van der Waals surface area contributed by atoms with Crippen LogP contribution in [-0.4, -0.2) is 25.0 Å². The van der Waals surface area contributed by atoms with Crippen molar-refractivity contribution in [1.29, 1.82) is 0 Å². The molecule has 0 aliphatic rings. The first-order valence-corrected chi connectivity index (χ1v) is 5.44. The van der Waals surface area contributed by atoms with Gasteiger partial charge in [-0.05, 0) is 24.6 Å². The number of nitrogens with one attached hydrogen (secondary N) is 1. The maximum atomic E-state index is 13.1. The number of carbonyl (C=O) groups is 2. The molecule has 0 fully saturated rings. The van der Waals surface area contributed by atoms with Crippen LogP contribution < -0.4 is 11.1 Å². The van der Waals surface area contributed by atoms with Gasteiger partial charge in [-0.25, -0.2) is 9.18 Å². The Morgan fingerprint density at radius 3 is 2.72 bits per heavy atom. The number of rotatable bonds is 4. The van der Waals surface area contributed by atoms with Crippen LogP contribution in [0.4, 0.5) is 10.1 Å². The van der Waals surface area contributed by atoms with Crippen molar-refractivity contribution in [3.05, 3.63) is 29.6 Å². The van der Waals surface area contributed by atoms with Crippen LogP contribution in [0.5, 0.6) is 0 Å². The molecule has 18 heavy (non-hydrogen) atoms. The number of halogens is 1. The molecule has 1 aromatic rings. The van der Waals surface area contributed by atoms with Crippen molar-refractivity contribution >= 4 is 17.6 Å². The van der Waals surface area contributed by atoms with E-state index >= 15 is 0 Å². The summed E-state index contributed by atoms with van der Waals surface area (Å²) < 4.78 is 17.6. The Morgan fingerprint density at radius 1 is 1.50 bits per heavy atom. The topological polar surface area (TPSA) is 81.4 Å². The van der Waals surface area contributed by atoms with Gasteiger partial charge in [-0.15, -0.1) is 0 Å². The maximum absolute atomic E-state index is 13.1. The Hall–Kier alpha value is -1.95. The number of anilines is 1. The largest absolute Gasteiger partial charge is 0.465 e. The van der Waals surface area contributed by atoms with E-state index < -0.39 is 23.7 Å². The maximum Gasteiger partial charge on any atom is 0.340 e. The number of methoxy groups -OCH3 is 1. The monoisotopic (exact) mass is 254 g/mol. The van der Waals surface area contributed by atoms with Crippen LogP contribution in [-0.2, 0) is 9.53 Å². The SMILES string of the molecule is CC[C@H](N)C(=O)Nc1ccc(F)cc1C(=O)OC. The smallest absolute Gasteiger partial charge is 0.340 e. The minimum absolute atomic E-state index is 0.0471. The molecule has 0 radical (unpaired) electrons. The Kier molecular flexibility index (Phi) is 4.79. The zero-order chi connectivity index (χ0) is 13.7. The lowest BCUT2D eigenvalue weighted by Crippen LogP contribution is -2.35.